The molecular weight excluding hydrogens is 212 g/mol. The number of anilines is 1. The number of rotatable bonds is 1. The smallest absolute Gasteiger partial charge is 0.169 e. The summed E-state index contributed by atoms with van der Waals surface area (Å²) in [6, 6.07) is 2.27. The van der Waals surface area contributed by atoms with Crippen molar-refractivity contribution in [2.75, 3.05) is 18.0 Å². The molecule has 1 fully saturated rings. The van der Waals surface area contributed by atoms with Crippen molar-refractivity contribution in [3.8, 4) is 6.07 Å². The van der Waals surface area contributed by atoms with E-state index in [1.54, 1.807) is 0 Å². The third-order valence-corrected chi connectivity index (χ3v) is 3.50. The van der Waals surface area contributed by atoms with E-state index in [-0.39, 0.29) is 0 Å². The molecule has 1 aliphatic rings. The molecule has 1 unspecified atom stereocenters. The molecule has 0 radical (unpaired) electrons. The van der Waals surface area contributed by atoms with Crippen LogP contribution in [0.15, 0.2) is 0 Å². The number of aromatic nitrogens is 2. The molecule has 0 bridgehead atoms. The summed E-state index contributed by atoms with van der Waals surface area (Å²) >= 11 is 0. The van der Waals surface area contributed by atoms with Gasteiger partial charge in [-0.3, -0.25) is 0 Å². The first kappa shape index (κ1) is 11.8. The summed E-state index contributed by atoms with van der Waals surface area (Å²) in [6.45, 7) is 8.04. The maximum absolute atomic E-state index is 9.28. The standard InChI is InChI=1S/C13H18N4/c1-9-5-4-6-17(8-9)13-12(7-14)10(2)11(3)15-16-13/h9H,4-6,8H2,1-3H3. The number of piperidine rings is 1. The molecular formula is C13H18N4. The molecule has 0 aromatic carbocycles. The van der Waals surface area contributed by atoms with Gasteiger partial charge in [-0.1, -0.05) is 6.92 Å². The molecule has 1 aromatic rings. The van der Waals surface area contributed by atoms with E-state index in [1.165, 1.54) is 12.8 Å². The third kappa shape index (κ3) is 2.23. The fourth-order valence-corrected chi connectivity index (χ4v) is 2.33. The van der Waals surface area contributed by atoms with Crippen molar-refractivity contribution < 1.29 is 0 Å². The molecule has 0 saturated carbocycles. The van der Waals surface area contributed by atoms with Crippen molar-refractivity contribution in [1.82, 2.24) is 10.2 Å². The van der Waals surface area contributed by atoms with Crippen molar-refractivity contribution in [3.63, 3.8) is 0 Å². The van der Waals surface area contributed by atoms with Crippen LogP contribution in [0.4, 0.5) is 5.82 Å². The van der Waals surface area contributed by atoms with Gasteiger partial charge in [-0.2, -0.15) is 10.4 Å². The minimum atomic E-state index is 0.665. The predicted molar refractivity (Wildman–Crippen MR) is 66.8 cm³/mol. The Bertz CT molecular complexity index is 461. The van der Waals surface area contributed by atoms with Crippen LogP contribution in [0.1, 0.15) is 36.6 Å². The summed E-state index contributed by atoms with van der Waals surface area (Å²) < 4.78 is 0. The molecule has 90 valence electrons. The van der Waals surface area contributed by atoms with Crippen molar-refractivity contribution in [1.29, 1.82) is 5.26 Å². The van der Waals surface area contributed by atoms with Crippen LogP contribution in [0.5, 0.6) is 0 Å². The average Bonchev–Trinajstić information content (AvgIpc) is 2.32. The molecule has 1 aliphatic heterocycles. The van der Waals surface area contributed by atoms with Crippen LogP contribution < -0.4 is 4.90 Å². The van der Waals surface area contributed by atoms with Gasteiger partial charge in [0.1, 0.15) is 11.6 Å². The van der Waals surface area contributed by atoms with Crippen LogP contribution in [-0.4, -0.2) is 23.3 Å². The predicted octanol–water partition coefficient (Wildman–Crippen LogP) is 2.20. The second kappa shape index (κ2) is 4.70. The van der Waals surface area contributed by atoms with Crippen molar-refractivity contribution in [3.05, 3.63) is 16.8 Å². The molecule has 4 heteroatoms. The van der Waals surface area contributed by atoms with Crippen LogP contribution in [0.25, 0.3) is 0 Å². The first-order valence-corrected chi connectivity index (χ1v) is 6.12. The van der Waals surface area contributed by atoms with E-state index in [4.69, 9.17) is 0 Å². The number of nitrogens with zero attached hydrogens (tertiary/aromatic N) is 4. The Morgan fingerprint density at radius 3 is 2.76 bits per heavy atom. The van der Waals surface area contributed by atoms with Crippen molar-refractivity contribution in [2.24, 2.45) is 5.92 Å². The van der Waals surface area contributed by atoms with E-state index < -0.39 is 0 Å². The fraction of sp³-hybridized carbons (Fsp3) is 0.615. The Balaban J connectivity index is 2.38. The quantitative estimate of drug-likeness (QED) is 0.742. The van der Waals surface area contributed by atoms with Crippen LogP contribution in [0.2, 0.25) is 0 Å². The van der Waals surface area contributed by atoms with E-state index in [1.807, 2.05) is 13.8 Å². The highest BCUT2D eigenvalue weighted by Crippen LogP contribution is 2.25. The minimum absolute atomic E-state index is 0.665. The van der Waals surface area contributed by atoms with Crippen LogP contribution in [0, 0.1) is 31.1 Å². The van der Waals surface area contributed by atoms with Gasteiger partial charge in [-0.25, -0.2) is 0 Å². The third-order valence-electron chi connectivity index (χ3n) is 3.50. The lowest BCUT2D eigenvalue weighted by molar-refractivity contribution is 0.443. The number of hydrogen-bond acceptors (Lipinski definition) is 4. The van der Waals surface area contributed by atoms with Crippen molar-refractivity contribution >= 4 is 5.82 Å². The first-order valence-electron chi connectivity index (χ1n) is 6.12. The lowest BCUT2D eigenvalue weighted by Crippen LogP contribution is -2.35. The Hall–Kier alpha value is -1.63. The van der Waals surface area contributed by atoms with Gasteiger partial charge in [0.05, 0.1) is 5.69 Å². The normalized spacial score (nSPS) is 20.1. The molecule has 0 N–H and O–H groups in total. The monoisotopic (exact) mass is 230 g/mol. The number of nitriles is 1. The Kier molecular flexibility index (Phi) is 3.28. The Morgan fingerprint density at radius 1 is 1.35 bits per heavy atom. The maximum atomic E-state index is 9.28. The summed E-state index contributed by atoms with van der Waals surface area (Å²) in [6.07, 6.45) is 2.43. The highest BCUT2D eigenvalue weighted by atomic mass is 15.3. The molecule has 1 saturated heterocycles. The van der Waals surface area contributed by atoms with E-state index in [0.717, 1.165) is 30.2 Å². The maximum Gasteiger partial charge on any atom is 0.169 e. The fourth-order valence-electron chi connectivity index (χ4n) is 2.33. The zero-order valence-electron chi connectivity index (χ0n) is 10.7. The van der Waals surface area contributed by atoms with Crippen LogP contribution in [-0.2, 0) is 0 Å². The van der Waals surface area contributed by atoms with Crippen molar-refractivity contribution in [2.45, 2.75) is 33.6 Å². The summed E-state index contributed by atoms with van der Waals surface area (Å²) in [5, 5.41) is 17.6. The van der Waals surface area contributed by atoms with Gasteiger partial charge in [0.15, 0.2) is 5.82 Å². The van der Waals surface area contributed by atoms with Gasteiger partial charge in [-0.15, -0.1) is 5.10 Å². The minimum Gasteiger partial charge on any atom is -0.354 e. The van der Waals surface area contributed by atoms with Gasteiger partial charge in [0.2, 0.25) is 0 Å². The van der Waals surface area contributed by atoms with E-state index >= 15 is 0 Å². The zero-order valence-corrected chi connectivity index (χ0v) is 10.7. The Morgan fingerprint density at radius 2 is 2.12 bits per heavy atom. The molecule has 2 heterocycles. The van der Waals surface area contributed by atoms with E-state index in [9.17, 15) is 5.26 Å². The van der Waals surface area contributed by atoms with E-state index in [2.05, 4.69) is 28.1 Å². The molecule has 1 atom stereocenters. The van der Waals surface area contributed by atoms with Crippen LogP contribution in [0.3, 0.4) is 0 Å². The Labute approximate surface area is 102 Å². The summed E-state index contributed by atoms with van der Waals surface area (Å²) in [7, 11) is 0. The zero-order chi connectivity index (χ0) is 12.4. The first-order chi connectivity index (χ1) is 8.13. The highest BCUT2D eigenvalue weighted by Gasteiger charge is 2.22. The summed E-state index contributed by atoms with van der Waals surface area (Å²) in [4.78, 5) is 2.20. The van der Waals surface area contributed by atoms with Crippen LogP contribution >= 0.6 is 0 Å². The molecule has 1 aromatic heterocycles. The van der Waals surface area contributed by atoms with Gasteiger partial charge in [-0.05, 0) is 38.2 Å². The number of aryl methyl sites for hydroxylation is 1. The summed E-state index contributed by atoms with van der Waals surface area (Å²) in [5.74, 6) is 1.43. The number of hydrogen-bond donors (Lipinski definition) is 0. The van der Waals surface area contributed by atoms with Gasteiger partial charge < -0.3 is 4.90 Å². The molecule has 4 nitrogen and oxygen atoms in total. The SMILES string of the molecule is Cc1nnc(N2CCCC(C)C2)c(C#N)c1C. The molecule has 17 heavy (non-hydrogen) atoms. The topological polar surface area (TPSA) is 52.8 Å². The van der Waals surface area contributed by atoms with Gasteiger partial charge in [0, 0.05) is 13.1 Å². The molecule has 0 amide bonds. The highest BCUT2D eigenvalue weighted by molar-refractivity contribution is 5.57. The van der Waals surface area contributed by atoms with E-state index in [0.29, 0.717) is 11.5 Å². The lowest BCUT2D eigenvalue weighted by Gasteiger charge is -2.32. The van der Waals surface area contributed by atoms with Gasteiger partial charge in [0.25, 0.3) is 0 Å². The van der Waals surface area contributed by atoms with Gasteiger partial charge >= 0.3 is 0 Å². The summed E-state index contributed by atoms with van der Waals surface area (Å²) in [5.41, 5.74) is 2.48. The molecule has 2 rings (SSSR count). The lowest BCUT2D eigenvalue weighted by atomic mass is 9.99. The molecule has 0 aliphatic carbocycles. The second-order valence-electron chi connectivity index (χ2n) is 4.91. The average molecular weight is 230 g/mol. The largest absolute Gasteiger partial charge is 0.354 e. The second-order valence-corrected chi connectivity index (χ2v) is 4.91. The molecule has 0 spiro atoms.